The van der Waals surface area contributed by atoms with E-state index in [4.69, 9.17) is 9.15 Å². The molecule has 0 radical (unpaired) electrons. The molecule has 0 fully saturated rings. The van der Waals surface area contributed by atoms with E-state index in [9.17, 15) is 4.79 Å². The highest BCUT2D eigenvalue weighted by Crippen LogP contribution is 2.25. The smallest absolute Gasteiger partial charge is 0.185 e. The van der Waals surface area contributed by atoms with Gasteiger partial charge in [-0.25, -0.2) is 0 Å². The standard InChI is InChI=1S/C12H10O3/c1-14-10-4-2-9(3-5-10)11-6-7-15-12(11)8-13/h2-8H,1H3. The molecule has 3 nitrogen and oxygen atoms in total. The Morgan fingerprint density at radius 2 is 1.93 bits per heavy atom. The summed E-state index contributed by atoms with van der Waals surface area (Å²) in [7, 11) is 1.61. The first-order chi connectivity index (χ1) is 7.35. The van der Waals surface area contributed by atoms with Gasteiger partial charge in [-0.2, -0.15) is 0 Å². The summed E-state index contributed by atoms with van der Waals surface area (Å²) in [5, 5.41) is 0. The van der Waals surface area contributed by atoms with Gasteiger partial charge in [-0.15, -0.1) is 0 Å². The molecule has 0 amide bonds. The molecule has 1 heterocycles. The van der Waals surface area contributed by atoms with Gasteiger partial charge in [0.05, 0.1) is 13.4 Å². The number of aldehydes is 1. The van der Waals surface area contributed by atoms with Crippen LogP contribution in [0.2, 0.25) is 0 Å². The number of hydrogen-bond donors (Lipinski definition) is 0. The number of benzene rings is 1. The zero-order valence-electron chi connectivity index (χ0n) is 8.27. The van der Waals surface area contributed by atoms with Crippen molar-refractivity contribution in [1.29, 1.82) is 0 Å². The van der Waals surface area contributed by atoms with Gasteiger partial charge in [0.25, 0.3) is 0 Å². The predicted molar refractivity (Wildman–Crippen MR) is 56.1 cm³/mol. The molecular formula is C12H10O3. The van der Waals surface area contributed by atoms with E-state index in [1.54, 1.807) is 13.2 Å². The first kappa shape index (κ1) is 9.52. The average molecular weight is 202 g/mol. The monoisotopic (exact) mass is 202 g/mol. The summed E-state index contributed by atoms with van der Waals surface area (Å²) in [6.07, 6.45) is 2.21. The van der Waals surface area contributed by atoms with Crippen molar-refractivity contribution in [3.05, 3.63) is 42.4 Å². The van der Waals surface area contributed by atoms with Gasteiger partial charge in [0, 0.05) is 5.56 Å². The van der Waals surface area contributed by atoms with Crippen molar-refractivity contribution in [3.63, 3.8) is 0 Å². The predicted octanol–water partition coefficient (Wildman–Crippen LogP) is 2.77. The molecule has 3 heteroatoms. The molecule has 76 valence electrons. The summed E-state index contributed by atoms with van der Waals surface area (Å²) >= 11 is 0. The van der Waals surface area contributed by atoms with Crippen LogP contribution in [0.4, 0.5) is 0 Å². The Bertz CT molecular complexity index is 454. The van der Waals surface area contributed by atoms with Crippen LogP contribution in [0.25, 0.3) is 11.1 Å². The summed E-state index contributed by atoms with van der Waals surface area (Å²) in [6, 6.07) is 9.23. The second kappa shape index (κ2) is 4.00. The number of ether oxygens (including phenoxy) is 1. The van der Waals surface area contributed by atoms with Crippen molar-refractivity contribution in [2.75, 3.05) is 7.11 Å². The Morgan fingerprint density at radius 1 is 1.20 bits per heavy atom. The lowest BCUT2D eigenvalue weighted by Gasteiger charge is -2.01. The van der Waals surface area contributed by atoms with Crippen molar-refractivity contribution in [2.24, 2.45) is 0 Å². The Kier molecular flexibility index (Phi) is 2.54. The Labute approximate surface area is 87.3 Å². The summed E-state index contributed by atoms with van der Waals surface area (Å²) in [5.74, 6) is 1.13. The maximum absolute atomic E-state index is 10.7. The van der Waals surface area contributed by atoms with E-state index in [1.807, 2.05) is 24.3 Å². The Morgan fingerprint density at radius 3 is 2.53 bits per heavy atom. The lowest BCUT2D eigenvalue weighted by molar-refractivity contribution is 0.110. The van der Waals surface area contributed by atoms with E-state index in [2.05, 4.69) is 0 Å². The van der Waals surface area contributed by atoms with Gasteiger partial charge in [0.15, 0.2) is 12.0 Å². The third kappa shape index (κ3) is 1.76. The van der Waals surface area contributed by atoms with Crippen LogP contribution in [0.5, 0.6) is 5.75 Å². The highest BCUT2D eigenvalue weighted by atomic mass is 16.5. The fraction of sp³-hybridized carbons (Fsp3) is 0.0833. The molecule has 2 aromatic rings. The molecule has 0 aliphatic rings. The van der Waals surface area contributed by atoms with E-state index in [-0.39, 0.29) is 0 Å². The van der Waals surface area contributed by atoms with Crippen LogP contribution in [-0.4, -0.2) is 13.4 Å². The first-order valence-corrected chi connectivity index (χ1v) is 4.52. The summed E-state index contributed by atoms with van der Waals surface area (Å²) in [6.45, 7) is 0. The van der Waals surface area contributed by atoms with Crippen LogP contribution >= 0.6 is 0 Å². The molecule has 1 aromatic heterocycles. The second-order valence-corrected chi connectivity index (χ2v) is 3.04. The van der Waals surface area contributed by atoms with Gasteiger partial charge in [-0.05, 0) is 23.8 Å². The molecule has 0 bridgehead atoms. The zero-order chi connectivity index (χ0) is 10.7. The van der Waals surface area contributed by atoms with E-state index < -0.39 is 0 Å². The summed E-state index contributed by atoms with van der Waals surface area (Å²) in [5.41, 5.74) is 1.74. The van der Waals surface area contributed by atoms with Crippen molar-refractivity contribution in [2.45, 2.75) is 0 Å². The quantitative estimate of drug-likeness (QED) is 0.718. The average Bonchev–Trinajstić information content (AvgIpc) is 2.77. The van der Waals surface area contributed by atoms with Gasteiger partial charge >= 0.3 is 0 Å². The molecule has 0 N–H and O–H groups in total. The van der Waals surface area contributed by atoms with Crippen LogP contribution in [0.1, 0.15) is 10.6 Å². The Balaban J connectivity index is 2.41. The summed E-state index contributed by atoms with van der Waals surface area (Å²) in [4.78, 5) is 10.7. The number of carbonyl (C=O) groups excluding carboxylic acids is 1. The van der Waals surface area contributed by atoms with Crippen LogP contribution in [0, 0.1) is 0 Å². The van der Waals surface area contributed by atoms with Crippen LogP contribution in [0.15, 0.2) is 41.0 Å². The van der Waals surface area contributed by atoms with Gasteiger partial charge in [0.2, 0.25) is 0 Å². The normalized spacial score (nSPS) is 9.93. The highest BCUT2D eigenvalue weighted by Gasteiger charge is 2.07. The highest BCUT2D eigenvalue weighted by molar-refractivity contribution is 5.84. The number of methoxy groups -OCH3 is 1. The number of furan rings is 1. The molecule has 0 saturated heterocycles. The van der Waals surface area contributed by atoms with E-state index in [1.165, 1.54) is 6.26 Å². The zero-order valence-corrected chi connectivity index (χ0v) is 8.27. The van der Waals surface area contributed by atoms with E-state index in [0.29, 0.717) is 12.0 Å². The SMILES string of the molecule is COc1ccc(-c2ccoc2C=O)cc1. The minimum absolute atomic E-state index is 0.347. The molecule has 0 aliphatic carbocycles. The molecule has 0 unspecified atom stereocenters. The molecule has 0 atom stereocenters. The maximum Gasteiger partial charge on any atom is 0.185 e. The van der Waals surface area contributed by atoms with E-state index in [0.717, 1.165) is 16.9 Å². The second-order valence-electron chi connectivity index (χ2n) is 3.04. The fourth-order valence-corrected chi connectivity index (χ4v) is 1.42. The topological polar surface area (TPSA) is 39.4 Å². The lowest BCUT2D eigenvalue weighted by Crippen LogP contribution is -1.84. The van der Waals surface area contributed by atoms with Gasteiger partial charge in [-0.3, -0.25) is 4.79 Å². The molecule has 0 saturated carbocycles. The van der Waals surface area contributed by atoms with Crippen molar-refractivity contribution in [3.8, 4) is 16.9 Å². The molecule has 2 rings (SSSR count). The van der Waals surface area contributed by atoms with E-state index >= 15 is 0 Å². The lowest BCUT2D eigenvalue weighted by atomic mass is 10.1. The summed E-state index contributed by atoms with van der Waals surface area (Å²) < 4.78 is 10.1. The van der Waals surface area contributed by atoms with Crippen LogP contribution < -0.4 is 4.74 Å². The van der Waals surface area contributed by atoms with Crippen molar-refractivity contribution in [1.82, 2.24) is 0 Å². The molecule has 1 aromatic carbocycles. The minimum atomic E-state index is 0.347. The minimum Gasteiger partial charge on any atom is -0.497 e. The molecule has 0 aliphatic heterocycles. The number of hydrogen-bond acceptors (Lipinski definition) is 3. The van der Waals surface area contributed by atoms with Crippen molar-refractivity contribution >= 4 is 6.29 Å². The Hall–Kier alpha value is -2.03. The largest absolute Gasteiger partial charge is 0.497 e. The van der Waals surface area contributed by atoms with Gasteiger partial charge < -0.3 is 9.15 Å². The number of carbonyl (C=O) groups is 1. The molecular weight excluding hydrogens is 192 g/mol. The van der Waals surface area contributed by atoms with Crippen LogP contribution in [-0.2, 0) is 0 Å². The van der Waals surface area contributed by atoms with Gasteiger partial charge in [-0.1, -0.05) is 12.1 Å². The maximum atomic E-state index is 10.7. The number of rotatable bonds is 3. The van der Waals surface area contributed by atoms with Gasteiger partial charge in [0.1, 0.15) is 5.75 Å². The molecule has 0 spiro atoms. The fourth-order valence-electron chi connectivity index (χ4n) is 1.42. The van der Waals surface area contributed by atoms with Crippen molar-refractivity contribution < 1.29 is 13.9 Å². The molecule has 15 heavy (non-hydrogen) atoms. The third-order valence-electron chi connectivity index (χ3n) is 2.20. The first-order valence-electron chi connectivity index (χ1n) is 4.52. The third-order valence-corrected chi connectivity index (χ3v) is 2.20. The van der Waals surface area contributed by atoms with Crippen LogP contribution in [0.3, 0.4) is 0 Å².